The number of nitrogens with zero attached hydrogens (tertiary/aromatic N) is 3. The van der Waals surface area contributed by atoms with E-state index >= 15 is 0 Å². The number of nitrogens with one attached hydrogen (secondary N) is 2. The first kappa shape index (κ1) is 19.8. The van der Waals surface area contributed by atoms with Gasteiger partial charge in [-0.05, 0) is 37.8 Å². The Hall–Kier alpha value is -1.95. The van der Waals surface area contributed by atoms with Gasteiger partial charge in [-0.1, -0.05) is 32.0 Å². The van der Waals surface area contributed by atoms with Crippen molar-refractivity contribution in [2.24, 2.45) is 12.0 Å². The van der Waals surface area contributed by atoms with E-state index in [1.165, 1.54) is 34.7 Å². The Bertz CT molecular complexity index is 777. The maximum atomic E-state index is 4.66. The number of hydrogen-bond donors (Lipinski definition) is 2. The van der Waals surface area contributed by atoms with Crippen molar-refractivity contribution in [2.45, 2.75) is 55.7 Å². The smallest absolute Gasteiger partial charge is 0.191 e. The molecule has 6 heteroatoms. The van der Waals surface area contributed by atoms with Crippen LogP contribution in [-0.2, 0) is 26.4 Å². The third kappa shape index (κ3) is 4.86. The quantitative estimate of drug-likeness (QED) is 0.539. The normalized spacial score (nSPS) is 15.6. The number of rotatable bonds is 8. The van der Waals surface area contributed by atoms with Crippen LogP contribution in [0, 0.1) is 0 Å². The van der Waals surface area contributed by atoms with Crippen LogP contribution in [0.2, 0.25) is 0 Å². The van der Waals surface area contributed by atoms with Gasteiger partial charge in [0.05, 0.1) is 5.69 Å². The minimum absolute atomic E-state index is 0.302. The highest BCUT2D eigenvalue weighted by Gasteiger charge is 2.43. The molecule has 1 aromatic carbocycles. The second-order valence-electron chi connectivity index (χ2n) is 7.08. The first-order valence-corrected chi connectivity index (χ1v) is 10.6. The van der Waals surface area contributed by atoms with E-state index in [1.807, 2.05) is 30.5 Å². The average Bonchev–Trinajstić information content (AvgIpc) is 3.37. The number of aryl methyl sites for hydroxylation is 2. The van der Waals surface area contributed by atoms with Gasteiger partial charge >= 0.3 is 0 Å². The molecule has 2 N–H and O–H groups in total. The molecule has 1 fully saturated rings. The Balaban J connectivity index is 1.56. The van der Waals surface area contributed by atoms with Crippen molar-refractivity contribution in [3.63, 3.8) is 0 Å². The molecule has 146 valence electrons. The van der Waals surface area contributed by atoms with Gasteiger partial charge in [-0.15, -0.1) is 11.8 Å². The van der Waals surface area contributed by atoms with E-state index in [4.69, 9.17) is 0 Å². The Morgan fingerprint density at radius 3 is 2.52 bits per heavy atom. The lowest BCUT2D eigenvalue weighted by Crippen LogP contribution is -2.41. The predicted octanol–water partition coefficient (Wildman–Crippen LogP) is 3.53. The molecular formula is C21H31N5S. The molecule has 0 unspecified atom stereocenters. The maximum absolute atomic E-state index is 4.66. The molecule has 1 aliphatic carbocycles. The molecule has 5 nitrogen and oxygen atoms in total. The fourth-order valence-corrected chi connectivity index (χ4v) is 4.67. The fourth-order valence-electron chi connectivity index (χ4n) is 3.42. The molecule has 0 radical (unpaired) electrons. The van der Waals surface area contributed by atoms with Crippen molar-refractivity contribution in [2.75, 3.05) is 13.6 Å². The van der Waals surface area contributed by atoms with Crippen LogP contribution in [0.15, 0.2) is 40.2 Å². The van der Waals surface area contributed by atoms with Crippen LogP contribution >= 0.6 is 11.8 Å². The van der Waals surface area contributed by atoms with Gasteiger partial charge in [-0.25, -0.2) is 0 Å². The number of aromatic nitrogens is 2. The topological polar surface area (TPSA) is 54.2 Å². The monoisotopic (exact) mass is 385 g/mol. The van der Waals surface area contributed by atoms with Crippen molar-refractivity contribution in [3.8, 4) is 0 Å². The number of benzene rings is 1. The summed E-state index contributed by atoms with van der Waals surface area (Å²) in [4.78, 5) is 5.76. The molecular weight excluding hydrogens is 354 g/mol. The van der Waals surface area contributed by atoms with Crippen LogP contribution in [0.1, 0.15) is 43.6 Å². The molecule has 0 amide bonds. The molecule has 1 heterocycles. The summed E-state index contributed by atoms with van der Waals surface area (Å²) in [5.41, 5.74) is 3.79. The van der Waals surface area contributed by atoms with Crippen LogP contribution in [0.25, 0.3) is 0 Å². The zero-order valence-electron chi connectivity index (χ0n) is 16.9. The zero-order chi connectivity index (χ0) is 19.3. The van der Waals surface area contributed by atoms with Crippen molar-refractivity contribution in [1.82, 2.24) is 20.4 Å². The van der Waals surface area contributed by atoms with Crippen LogP contribution < -0.4 is 10.6 Å². The average molecular weight is 386 g/mol. The Labute approximate surface area is 167 Å². The van der Waals surface area contributed by atoms with Crippen LogP contribution in [0.5, 0.6) is 0 Å². The zero-order valence-corrected chi connectivity index (χ0v) is 17.7. The first-order valence-electron chi connectivity index (χ1n) is 9.83. The maximum Gasteiger partial charge on any atom is 0.191 e. The molecule has 27 heavy (non-hydrogen) atoms. The lowest BCUT2D eigenvalue weighted by Gasteiger charge is -2.18. The van der Waals surface area contributed by atoms with Crippen molar-refractivity contribution >= 4 is 17.7 Å². The summed E-state index contributed by atoms with van der Waals surface area (Å²) in [6.45, 7) is 6.04. The van der Waals surface area contributed by atoms with Gasteiger partial charge < -0.3 is 10.6 Å². The highest BCUT2D eigenvalue weighted by molar-refractivity contribution is 8.01. The number of thioether (sulfide) groups is 1. The summed E-state index contributed by atoms with van der Waals surface area (Å²) in [5.74, 6) is 0.864. The van der Waals surface area contributed by atoms with Crippen molar-refractivity contribution < 1.29 is 0 Å². The minimum atomic E-state index is 0.302. The van der Waals surface area contributed by atoms with E-state index in [0.717, 1.165) is 31.9 Å². The van der Waals surface area contributed by atoms with Gasteiger partial charge in [0, 0.05) is 48.1 Å². The summed E-state index contributed by atoms with van der Waals surface area (Å²) in [5, 5.41) is 11.7. The SMILES string of the molecule is CCc1nn(C)c(CC)c1CNC(=NC)NCC1(Sc2ccccc2)CC1. The fraction of sp³-hybridized carbons (Fsp3) is 0.524. The van der Waals surface area contributed by atoms with Crippen LogP contribution in [0.3, 0.4) is 0 Å². The summed E-state index contributed by atoms with van der Waals surface area (Å²) in [6.07, 6.45) is 4.44. The molecule has 1 aromatic heterocycles. The van der Waals surface area contributed by atoms with Gasteiger partial charge in [0.15, 0.2) is 5.96 Å². The lowest BCUT2D eigenvalue weighted by atomic mass is 10.1. The van der Waals surface area contributed by atoms with Crippen LogP contribution in [-0.4, -0.2) is 34.1 Å². The largest absolute Gasteiger partial charge is 0.355 e. The summed E-state index contributed by atoms with van der Waals surface area (Å²) in [6, 6.07) is 10.7. The first-order chi connectivity index (χ1) is 13.1. The highest BCUT2D eigenvalue weighted by Crippen LogP contribution is 2.51. The summed E-state index contributed by atoms with van der Waals surface area (Å²) < 4.78 is 2.32. The van der Waals surface area contributed by atoms with E-state index in [2.05, 4.69) is 64.9 Å². The van der Waals surface area contributed by atoms with E-state index < -0.39 is 0 Å². The minimum Gasteiger partial charge on any atom is -0.355 e. The summed E-state index contributed by atoms with van der Waals surface area (Å²) >= 11 is 1.98. The predicted molar refractivity (Wildman–Crippen MR) is 114 cm³/mol. The van der Waals surface area contributed by atoms with Gasteiger partial charge in [0.1, 0.15) is 0 Å². The molecule has 0 spiro atoms. The molecule has 2 aromatic rings. The number of guanidine groups is 1. The number of hydrogen-bond acceptors (Lipinski definition) is 3. The van der Waals surface area contributed by atoms with Gasteiger partial charge in [0.2, 0.25) is 0 Å². The number of aliphatic imine (C=N–C) groups is 1. The third-order valence-corrected chi connectivity index (χ3v) is 6.64. The molecule has 0 aliphatic heterocycles. The molecule has 1 saturated carbocycles. The van der Waals surface area contributed by atoms with Crippen LogP contribution in [0.4, 0.5) is 0 Å². The lowest BCUT2D eigenvalue weighted by molar-refractivity contribution is 0.702. The van der Waals surface area contributed by atoms with E-state index in [1.54, 1.807) is 0 Å². The standard InChI is InChI=1S/C21H31N5S/c1-5-18-17(19(6-2)26(4)25-18)14-23-20(22-3)24-15-21(12-13-21)27-16-10-8-7-9-11-16/h7-11H,5-6,12-15H2,1-4H3,(H2,22,23,24). The van der Waals surface area contributed by atoms with Gasteiger partial charge in [0.25, 0.3) is 0 Å². The van der Waals surface area contributed by atoms with Crippen molar-refractivity contribution in [1.29, 1.82) is 0 Å². The molecule has 0 atom stereocenters. The molecule has 1 aliphatic rings. The third-order valence-electron chi connectivity index (χ3n) is 5.15. The van der Waals surface area contributed by atoms with E-state index in [9.17, 15) is 0 Å². The Kier molecular flexibility index (Phi) is 6.47. The summed E-state index contributed by atoms with van der Waals surface area (Å²) in [7, 11) is 3.87. The van der Waals surface area contributed by atoms with Crippen molar-refractivity contribution in [3.05, 3.63) is 47.3 Å². The second kappa shape index (κ2) is 8.83. The highest BCUT2D eigenvalue weighted by atomic mass is 32.2. The second-order valence-corrected chi connectivity index (χ2v) is 8.62. The van der Waals surface area contributed by atoms with Gasteiger partial charge in [-0.2, -0.15) is 5.10 Å². The Morgan fingerprint density at radius 2 is 1.93 bits per heavy atom. The molecule has 0 saturated heterocycles. The van der Waals surface area contributed by atoms with Gasteiger partial charge in [-0.3, -0.25) is 9.67 Å². The van der Waals surface area contributed by atoms with E-state index in [-0.39, 0.29) is 0 Å². The Morgan fingerprint density at radius 1 is 1.19 bits per heavy atom. The molecule has 3 rings (SSSR count). The van der Waals surface area contributed by atoms with E-state index in [0.29, 0.717) is 4.75 Å². The molecule has 0 bridgehead atoms.